The van der Waals surface area contributed by atoms with Gasteiger partial charge in [0.05, 0.1) is 10.9 Å². The summed E-state index contributed by atoms with van der Waals surface area (Å²) < 4.78 is 34.3. The van der Waals surface area contributed by atoms with E-state index in [1.54, 1.807) is 24.3 Å². The second kappa shape index (κ2) is 14.0. The Morgan fingerprint density at radius 2 is 1.35 bits per heavy atom. The normalized spacial score (nSPS) is 17.7. The molecular formula is C27H27FeNO4S+2. The van der Waals surface area contributed by atoms with E-state index >= 15 is 0 Å². The number of rotatable bonds is 7. The first-order valence-electron chi connectivity index (χ1n) is 10.6. The van der Waals surface area contributed by atoms with Gasteiger partial charge in [-0.2, -0.15) is 0 Å². The number of esters is 1. The molecule has 0 amide bonds. The third kappa shape index (κ3) is 8.53. The van der Waals surface area contributed by atoms with Gasteiger partial charge in [-0.3, -0.25) is 4.79 Å². The number of nitrogens with one attached hydrogen (secondary N) is 1. The van der Waals surface area contributed by atoms with E-state index < -0.39 is 28.1 Å². The van der Waals surface area contributed by atoms with Crippen LogP contribution in [0.5, 0.6) is 0 Å². The van der Waals surface area contributed by atoms with Crippen molar-refractivity contribution in [3.63, 3.8) is 0 Å². The van der Waals surface area contributed by atoms with Gasteiger partial charge in [0, 0.05) is 12.8 Å². The molecule has 7 heteroatoms. The SMILES string of the molecule is CC(=O)O[C@H](c1ccccc1)[C@@H](NS(=O)(=O)c1ccc(C)cc1)[C]1[CH][CH][CH][CH]1.[CH]1[CH][CH][CH][CH]1.[Fe+2]. The largest absolute Gasteiger partial charge is 2.00 e. The van der Waals surface area contributed by atoms with Gasteiger partial charge in [0.25, 0.3) is 0 Å². The van der Waals surface area contributed by atoms with Crippen molar-refractivity contribution in [1.29, 1.82) is 0 Å². The second-order valence-electron chi connectivity index (χ2n) is 7.53. The summed E-state index contributed by atoms with van der Waals surface area (Å²) in [6, 6.07) is 14.9. The molecule has 0 saturated heterocycles. The molecule has 1 N–H and O–H groups in total. The number of aryl methyl sites for hydroxylation is 1. The summed E-state index contributed by atoms with van der Waals surface area (Å²) in [7, 11) is -3.83. The van der Waals surface area contributed by atoms with Gasteiger partial charge in [0.2, 0.25) is 10.0 Å². The Morgan fingerprint density at radius 3 is 1.85 bits per heavy atom. The van der Waals surface area contributed by atoms with Gasteiger partial charge in [-0.05, 0) is 82.4 Å². The van der Waals surface area contributed by atoms with Gasteiger partial charge in [0.15, 0.2) is 0 Å². The van der Waals surface area contributed by atoms with Crippen molar-refractivity contribution in [2.24, 2.45) is 0 Å². The number of carbonyl (C=O) groups is 1. The molecule has 34 heavy (non-hydrogen) atoms. The molecule has 2 aromatic rings. The molecule has 0 aliphatic heterocycles. The molecule has 5 nitrogen and oxygen atoms in total. The Kier molecular flexibility index (Phi) is 11.8. The number of hydrogen-bond acceptors (Lipinski definition) is 4. The number of hydrogen-bond donors (Lipinski definition) is 1. The third-order valence-electron chi connectivity index (χ3n) is 4.94. The summed E-state index contributed by atoms with van der Waals surface area (Å²) in [5, 5.41) is 0. The fourth-order valence-electron chi connectivity index (χ4n) is 3.32. The summed E-state index contributed by atoms with van der Waals surface area (Å²) >= 11 is 0. The van der Waals surface area contributed by atoms with Crippen LogP contribution in [-0.4, -0.2) is 20.4 Å². The van der Waals surface area contributed by atoms with Crippen LogP contribution in [0, 0.1) is 70.6 Å². The van der Waals surface area contributed by atoms with Crippen molar-refractivity contribution in [2.75, 3.05) is 0 Å². The first kappa shape index (κ1) is 28.6. The Morgan fingerprint density at radius 1 is 0.824 bits per heavy atom. The average molecular weight is 517 g/mol. The summed E-state index contributed by atoms with van der Waals surface area (Å²) in [4.78, 5) is 11.9. The fraction of sp³-hybridized carbons (Fsp3) is 0.148. The van der Waals surface area contributed by atoms with E-state index in [4.69, 9.17) is 4.74 Å². The molecule has 0 unspecified atom stereocenters. The Hall–Kier alpha value is -1.66. The van der Waals surface area contributed by atoms with E-state index in [0.717, 1.165) is 5.56 Å². The van der Waals surface area contributed by atoms with Crippen LogP contribution in [0.15, 0.2) is 59.5 Å². The topological polar surface area (TPSA) is 72.5 Å². The van der Waals surface area contributed by atoms with Crippen LogP contribution in [-0.2, 0) is 36.6 Å². The van der Waals surface area contributed by atoms with Crippen LogP contribution in [0.1, 0.15) is 24.2 Å². The van der Waals surface area contributed by atoms with Crippen LogP contribution in [0.25, 0.3) is 0 Å². The zero-order chi connectivity index (χ0) is 23.7. The van der Waals surface area contributed by atoms with Crippen LogP contribution >= 0.6 is 0 Å². The Balaban J connectivity index is 0.000000603. The molecule has 2 aliphatic rings. The van der Waals surface area contributed by atoms with Crippen molar-refractivity contribution in [1.82, 2.24) is 4.72 Å². The number of ether oxygens (including phenoxy) is 1. The van der Waals surface area contributed by atoms with Gasteiger partial charge in [-0.1, -0.05) is 48.0 Å². The summed E-state index contributed by atoms with van der Waals surface area (Å²) in [5.74, 6) is 0.228. The van der Waals surface area contributed by atoms with Crippen molar-refractivity contribution < 1.29 is 35.0 Å². The predicted octanol–water partition coefficient (Wildman–Crippen LogP) is 4.37. The van der Waals surface area contributed by atoms with E-state index in [1.165, 1.54) is 6.92 Å². The smallest absolute Gasteiger partial charge is 0.456 e. The Labute approximate surface area is 215 Å². The van der Waals surface area contributed by atoms with Gasteiger partial charge >= 0.3 is 23.0 Å². The van der Waals surface area contributed by atoms with E-state index in [0.29, 0.717) is 11.5 Å². The maximum Gasteiger partial charge on any atom is 2.00 e. The van der Waals surface area contributed by atoms with Crippen LogP contribution in [0.4, 0.5) is 0 Å². The second-order valence-corrected chi connectivity index (χ2v) is 9.25. The molecule has 0 bridgehead atoms. The maximum atomic E-state index is 13.0. The summed E-state index contributed by atoms with van der Waals surface area (Å²) in [6.45, 7) is 3.20. The van der Waals surface area contributed by atoms with E-state index in [-0.39, 0.29) is 22.0 Å². The molecule has 176 valence electrons. The van der Waals surface area contributed by atoms with E-state index in [1.807, 2.05) is 95.0 Å². The minimum Gasteiger partial charge on any atom is -0.456 e. The zero-order valence-electron chi connectivity index (χ0n) is 18.9. The maximum absolute atomic E-state index is 13.0. The molecule has 10 radical (unpaired) electrons. The monoisotopic (exact) mass is 517 g/mol. The van der Waals surface area contributed by atoms with Gasteiger partial charge in [-0.15, -0.1) is 0 Å². The van der Waals surface area contributed by atoms with Crippen LogP contribution in [0.3, 0.4) is 0 Å². The first-order chi connectivity index (χ1) is 15.9. The summed E-state index contributed by atoms with van der Waals surface area (Å²) in [6.07, 6.45) is 16.4. The van der Waals surface area contributed by atoms with E-state index in [9.17, 15) is 13.2 Å². The van der Waals surface area contributed by atoms with Crippen molar-refractivity contribution in [3.05, 3.63) is 129 Å². The molecule has 2 aromatic carbocycles. The van der Waals surface area contributed by atoms with Crippen molar-refractivity contribution >= 4 is 16.0 Å². The fourth-order valence-corrected chi connectivity index (χ4v) is 4.55. The van der Waals surface area contributed by atoms with Crippen LogP contribution in [0.2, 0.25) is 0 Å². The minimum absolute atomic E-state index is 0. The molecule has 4 rings (SSSR count). The molecule has 0 heterocycles. The third-order valence-corrected chi connectivity index (χ3v) is 6.40. The molecule has 2 fully saturated rings. The molecule has 2 saturated carbocycles. The molecule has 2 atom stereocenters. The van der Waals surface area contributed by atoms with Crippen molar-refractivity contribution in [2.45, 2.75) is 30.9 Å². The van der Waals surface area contributed by atoms with Crippen molar-refractivity contribution in [3.8, 4) is 0 Å². The minimum atomic E-state index is -3.83. The molecule has 0 aromatic heterocycles. The Bertz CT molecular complexity index is 962. The van der Waals surface area contributed by atoms with Gasteiger partial charge in [0.1, 0.15) is 6.10 Å². The van der Waals surface area contributed by atoms with Gasteiger partial charge < -0.3 is 4.74 Å². The molecule has 0 spiro atoms. The summed E-state index contributed by atoms with van der Waals surface area (Å²) in [5.41, 5.74) is 1.67. The zero-order valence-corrected chi connectivity index (χ0v) is 20.9. The number of sulfonamides is 1. The first-order valence-corrected chi connectivity index (χ1v) is 12.0. The molecular weight excluding hydrogens is 490 g/mol. The number of benzene rings is 2. The quantitative estimate of drug-likeness (QED) is 0.438. The standard InChI is InChI=1S/C22H22NO4S.C5H5.Fe/c1-16-12-14-20(15-13-16)28(25,26)23-21(18-8-6-7-9-18)22(27-17(2)24)19-10-4-3-5-11-19;1-2-4-5-3-1;/h3-15,21-23H,1-2H3;1-5H;/q;;+2/t21-,22+;;/m0../s1. The average Bonchev–Trinajstić information content (AvgIpc) is 3.54. The predicted molar refractivity (Wildman–Crippen MR) is 128 cm³/mol. The van der Waals surface area contributed by atoms with Gasteiger partial charge in [-0.25, -0.2) is 13.1 Å². The number of carbonyl (C=O) groups excluding carboxylic acids is 1. The van der Waals surface area contributed by atoms with E-state index in [2.05, 4.69) is 4.72 Å². The molecule has 2 aliphatic carbocycles. The van der Waals surface area contributed by atoms with Crippen LogP contribution < -0.4 is 4.72 Å².